The van der Waals surface area contributed by atoms with Gasteiger partial charge in [-0.25, -0.2) is 0 Å². The van der Waals surface area contributed by atoms with Gasteiger partial charge in [0, 0.05) is 31.4 Å². The maximum Gasteiger partial charge on any atom is 0.0991 e. The van der Waals surface area contributed by atoms with Gasteiger partial charge in [0.1, 0.15) is 0 Å². The van der Waals surface area contributed by atoms with Crippen molar-refractivity contribution in [3.05, 3.63) is 65.7 Å². The van der Waals surface area contributed by atoms with Gasteiger partial charge in [-0.2, -0.15) is 5.26 Å². The molecule has 1 heterocycles. The number of rotatable bonds is 3. The van der Waals surface area contributed by atoms with Crippen LogP contribution in [0.1, 0.15) is 11.1 Å². The van der Waals surface area contributed by atoms with E-state index in [4.69, 9.17) is 5.26 Å². The molecule has 1 N–H and O–H groups in total. The van der Waals surface area contributed by atoms with Gasteiger partial charge in [0.05, 0.1) is 11.6 Å². The summed E-state index contributed by atoms with van der Waals surface area (Å²) in [6, 6.07) is 21.1. The molecule has 0 spiro atoms. The highest BCUT2D eigenvalue weighted by Gasteiger charge is 2.19. The van der Waals surface area contributed by atoms with Crippen LogP contribution in [0.25, 0.3) is 0 Å². The third-order valence-corrected chi connectivity index (χ3v) is 3.94. The molecule has 0 amide bonds. The minimum Gasteiger partial charge on any atom is -0.369 e. The second-order valence-electron chi connectivity index (χ2n) is 5.45. The molecule has 106 valence electrons. The fourth-order valence-electron chi connectivity index (χ4n) is 2.84. The first-order valence-corrected chi connectivity index (χ1v) is 7.37. The van der Waals surface area contributed by atoms with E-state index < -0.39 is 0 Å². The van der Waals surface area contributed by atoms with Gasteiger partial charge in [-0.05, 0) is 36.2 Å². The Kier molecular flexibility index (Phi) is 4.18. The summed E-state index contributed by atoms with van der Waals surface area (Å²) >= 11 is 0. The number of hydrogen-bond donors (Lipinski definition) is 1. The fraction of sp³-hybridized carbons (Fsp3) is 0.278. The lowest BCUT2D eigenvalue weighted by Gasteiger charge is -2.35. The molecule has 0 aliphatic carbocycles. The van der Waals surface area contributed by atoms with Crippen molar-refractivity contribution in [1.82, 2.24) is 5.32 Å². The predicted molar refractivity (Wildman–Crippen MR) is 85.3 cm³/mol. The summed E-state index contributed by atoms with van der Waals surface area (Å²) in [6.45, 7) is 3.01. The predicted octanol–water partition coefficient (Wildman–Crippen LogP) is 2.58. The molecular weight excluding hydrogens is 258 g/mol. The summed E-state index contributed by atoms with van der Waals surface area (Å²) in [5, 5.41) is 12.5. The normalized spacial score (nSPS) is 18.2. The maximum absolute atomic E-state index is 8.87. The molecule has 0 radical (unpaired) electrons. The van der Waals surface area contributed by atoms with Crippen LogP contribution in [-0.4, -0.2) is 25.7 Å². The van der Waals surface area contributed by atoms with Crippen LogP contribution in [0.15, 0.2) is 54.6 Å². The molecule has 2 aromatic rings. The number of hydrogen-bond acceptors (Lipinski definition) is 3. The molecule has 2 aromatic carbocycles. The Bertz CT molecular complexity index is 613. The van der Waals surface area contributed by atoms with Crippen LogP contribution in [0.4, 0.5) is 5.69 Å². The Morgan fingerprint density at radius 1 is 1.10 bits per heavy atom. The highest BCUT2D eigenvalue weighted by Crippen LogP contribution is 2.18. The van der Waals surface area contributed by atoms with Gasteiger partial charge < -0.3 is 10.2 Å². The monoisotopic (exact) mass is 277 g/mol. The van der Waals surface area contributed by atoms with E-state index in [1.165, 1.54) is 11.3 Å². The van der Waals surface area contributed by atoms with Crippen molar-refractivity contribution >= 4 is 5.69 Å². The zero-order chi connectivity index (χ0) is 14.5. The number of anilines is 1. The van der Waals surface area contributed by atoms with Crippen LogP contribution in [0.5, 0.6) is 0 Å². The Labute approximate surface area is 125 Å². The standard InChI is InChI=1S/C18H19N3/c19-13-16-6-8-18(9-7-16)21-11-10-20-17(14-21)12-15-4-2-1-3-5-15/h1-9,17,20H,10-12,14H2. The van der Waals surface area contributed by atoms with Crippen LogP contribution in [0, 0.1) is 11.3 Å². The fourth-order valence-corrected chi connectivity index (χ4v) is 2.84. The molecule has 1 unspecified atom stereocenters. The summed E-state index contributed by atoms with van der Waals surface area (Å²) in [6.07, 6.45) is 1.05. The molecule has 0 saturated carbocycles. The zero-order valence-corrected chi connectivity index (χ0v) is 12.0. The van der Waals surface area contributed by atoms with E-state index in [9.17, 15) is 0 Å². The van der Waals surface area contributed by atoms with E-state index >= 15 is 0 Å². The molecule has 21 heavy (non-hydrogen) atoms. The molecule has 1 saturated heterocycles. The molecule has 0 bridgehead atoms. The molecule has 1 aliphatic rings. The molecule has 0 aromatic heterocycles. The van der Waals surface area contributed by atoms with E-state index in [1.54, 1.807) is 0 Å². The largest absolute Gasteiger partial charge is 0.369 e. The van der Waals surface area contributed by atoms with Gasteiger partial charge in [-0.15, -0.1) is 0 Å². The van der Waals surface area contributed by atoms with Crippen molar-refractivity contribution in [3.63, 3.8) is 0 Å². The number of piperazine rings is 1. The Morgan fingerprint density at radius 2 is 1.86 bits per heavy atom. The highest BCUT2D eigenvalue weighted by atomic mass is 15.2. The van der Waals surface area contributed by atoms with E-state index in [0.717, 1.165) is 31.6 Å². The molecule has 3 heteroatoms. The van der Waals surface area contributed by atoms with Gasteiger partial charge in [-0.1, -0.05) is 30.3 Å². The van der Waals surface area contributed by atoms with Crippen LogP contribution >= 0.6 is 0 Å². The lowest BCUT2D eigenvalue weighted by molar-refractivity contribution is 0.455. The first kappa shape index (κ1) is 13.7. The smallest absolute Gasteiger partial charge is 0.0991 e. The summed E-state index contributed by atoms with van der Waals surface area (Å²) in [7, 11) is 0. The van der Waals surface area contributed by atoms with Crippen LogP contribution in [0.2, 0.25) is 0 Å². The van der Waals surface area contributed by atoms with Crippen molar-refractivity contribution in [3.8, 4) is 6.07 Å². The molecule has 3 nitrogen and oxygen atoms in total. The first-order valence-electron chi connectivity index (χ1n) is 7.37. The second kappa shape index (κ2) is 6.43. The maximum atomic E-state index is 8.87. The number of nitrogens with zero attached hydrogens (tertiary/aromatic N) is 2. The average Bonchev–Trinajstić information content (AvgIpc) is 2.56. The van der Waals surface area contributed by atoms with Gasteiger partial charge in [0.15, 0.2) is 0 Å². The number of nitriles is 1. The van der Waals surface area contributed by atoms with Gasteiger partial charge in [0.2, 0.25) is 0 Å². The Morgan fingerprint density at radius 3 is 2.57 bits per heavy atom. The van der Waals surface area contributed by atoms with Gasteiger partial charge >= 0.3 is 0 Å². The Balaban J connectivity index is 1.66. The molecular formula is C18H19N3. The van der Waals surface area contributed by atoms with Crippen molar-refractivity contribution in [2.24, 2.45) is 0 Å². The van der Waals surface area contributed by atoms with Crippen LogP contribution < -0.4 is 10.2 Å². The quantitative estimate of drug-likeness (QED) is 0.937. The third-order valence-electron chi connectivity index (χ3n) is 3.94. The molecule has 1 atom stereocenters. The lowest BCUT2D eigenvalue weighted by atomic mass is 10.0. The third kappa shape index (κ3) is 3.42. The minimum atomic E-state index is 0.469. The highest BCUT2D eigenvalue weighted by molar-refractivity contribution is 5.50. The SMILES string of the molecule is N#Cc1ccc(N2CCNC(Cc3ccccc3)C2)cc1. The minimum absolute atomic E-state index is 0.469. The van der Waals surface area contributed by atoms with Crippen molar-refractivity contribution in [2.75, 3.05) is 24.5 Å². The molecule has 1 aliphatic heterocycles. The first-order chi connectivity index (χ1) is 10.3. The van der Waals surface area contributed by atoms with E-state index in [2.05, 4.69) is 46.6 Å². The van der Waals surface area contributed by atoms with Gasteiger partial charge in [-0.3, -0.25) is 0 Å². The zero-order valence-electron chi connectivity index (χ0n) is 12.0. The van der Waals surface area contributed by atoms with Crippen molar-refractivity contribution < 1.29 is 0 Å². The molecule has 1 fully saturated rings. The van der Waals surface area contributed by atoms with Crippen molar-refractivity contribution in [1.29, 1.82) is 5.26 Å². The van der Waals surface area contributed by atoms with Crippen molar-refractivity contribution in [2.45, 2.75) is 12.5 Å². The topological polar surface area (TPSA) is 39.1 Å². The summed E-state index contributed by atoms with van der Waals surface area (Å²) < 4.78 is 0. The lowest BCUT2D eigenvalue weighted by Crippen LogP contribution is -2.51. The number of benzene rings is 2. The summed E-state index contributed by atoms with van der Waals surface area (Å²) in [5.74, 6) is 0. The van der Waals surface area contributed by atoms with E-state index in [-0.39, 0.29) is 0 Å². The average molecular weight is 277 g/mol. The summed E-state index contributed by atoms with van der Waals surface area (Å²) in [4.78, 5) is 2.39. The molecule has 3 rings (SSSR count). The number of nitrogens with one attached hydrogen (secondary N) is 1. The van der Waals surface area contributed by atoms with E-state index in [0.29, 0.717) is 6.04 Å². The Hall–Kier alpha value is -2.31. The van der Waals surface area contributed by atoms with E-state index in [1.807, 2.05) is 24.3 Å². The summed E-state index contributed by atoms with van der Waals surface area (Å²) in [5.41, 5.74) is 3.29. The second-order valence-corrected chi connectivity index (χ2v) is 5.45. The van der Waals surface area contributed by atoms with Crippen LogP contribution in [0.3, 0.4) is 0 Å². The van der Waals surface area contributed by atoms with Crippen LogP contribution in [-0.2, 0) is 6.42 Å². The van der Waals surface area contributed by atoms with Gasteiger partial charge in [0.25, 0.3) is 0 Å².